The van der Waals surface area contributed by atoms with Gasteiger partial charge in [0.25, 0.3) is 0 Å². The number of sulfonamides is 1. The summed E-state index contributed by atoms with van der Waals surface area (Å²) in [4.78, 5) is 19.8. The van der Waals surface area contributed by atoms with Crippen molar-refractivity contribution in [2.24, 2.45) is 7.05 Å². The number of nitrogens with zero attached hydrogens (tertiary/aromatic N) is 3. The molecule has 0 spiro atoms. The first-order chi connectivity index (χ1) is 15.8. The zero-order chi connectivity index (χ0) is 25.1. The molecular formula is C21H20F4N4O4S. The van der Waals surface area contributed by atoms with Gasteiger partial charge in [-0.1, -0.05) is 12.1 Å². The first kappa shape index (κ1) is 25.1. The Bertz CT molecular complexity index is 1340. The second-order valence-electron chi connectivity index (χ2n) is 7.42. The van der Waals surface area contributed by atoms with Crippen molar-refractivity contribution in [2.45, 2.75) is 25.9 Å². The van der Waals surface area contributed by atoms with Gasteiger partial charge in [0.1, 0.15) is 5.82 Å². The summed E-state index contributed by atoms with van der Waals surface area (Å²) in [5, 5.41) is 0. The number of anilines is 1. The van der Waals surface area contributed by atoms with Crippen molar-refractivity contribution in [1.82, 2.24) is 14.5 Å². The lowest BCUT2D eigenvalue weighted by Gasteiger charge is -2.13. The van der Waals surface area contributed by atoms with E-state index in [1.54, 1.807) is 13.0 Å². The molecule has 1 aromatic carbocycles. The number of aromatic nitrogens is 3. The van der Waals surface area contributed by atoms with Crippen LogP contribution < -0.4 is 15.0 Å². The molecule has 0 amide bonds. The zero-order valence-electron chi connectivity index (χ0n) is 18.1. The van der Waals surface area contributed by atoms with Crippen molar-refractivity contribution >= 4 is 15.8 Å². The number of halogens is 4. The molecular weight excluding hydrogens is 480 g/mol. The van der Waals surface area contributed by atoms with Crippen molar-refractivity contribution in [3.05, 3.63) is 64.3 Å². The van der Waals surface area contributed by atoms with E-state index in [-0.39, 0.29) is 22.8 Å². The van der Waals surface area contributed by atoms with Crippen molar-refractivity contribution in [2.75, 3.05) is 10.5 Å². The first-order valence-corrected chi connectivity index (χ1v) is 11.5. The summed E-state index contributed by atoms with van der Waals surface area (Å²) in [6.07, 6.45) is -4.96. The monoisotopic (exact) mass is 500 g/mol. The molecule has 0 bridgehead atoms. The van der Waals surface area contributed by atoms with Crippen LogP contribution in [0.4, 0.5) is 23.4 Å². The summed E-state index contributed by atoms with van der Waals surface area (Å²) >= 11 is 0. The number of para-hydroxylation sites is 1. The summed E-state index contributed by atoms with van der Waals surface area (Å²) in [6, 6.07) is 7.72. The average Bonchev–Trinajstić information content (AvgIpc) is 2.71. The quantitative estimate of drug-likeness (QED) is 0.466. The molecule has 0 aliphatic carbocycles. The lowest BCUT2D eigenvalue weighted by atomic mass is 10.2. The fourth-order valence-electron chi connectivity index (χ4n) is 2.93. The van der Waals surface area contributed by atoms with Crippen LogP contribution in [0.1, 0.15) is 18.4 Å². The standard InChI is InChI=1S/C21H20F4N4O4S/c1-13-5-3-6-15(22)19(13)33-20-26-16(14-7-8-18(30)29(2)12-14)11-17(27-20)28-34(31,32)10-4-9-21(23,24)25/h3,5-8,11-12H,4,9-10H2,1-2H3,(H,26,27,28). The van der Waals surface area contributed by atoms with Crippen molar-refractivity contribution < 1.29 is 30.7 Å². The van der Waals surface area contributed by atoms with E-state index in [2.05, 4.69) is 14.7 Å². The van der Waals surface area contributed by atoms with Crippen LogP contribution in [-0.2, 0) is 17.1 Å². The minimum absolute atomic E-state index is 0.127. The fraction of sp³-hybridized carbons (Fsp3) is 0.286. The Kier molecular flexibility index (Phi) is 7.24. The van der Waals surface area contributed by atoms with Crippen LogP contribution in [0.2, 0.25) is 0 Å². The van der Waals surface area contributed by atoms with E-state index in [0.29, 0.717) is 11.1 Å². The molecule has 3 rings (SSSR count). The molecule has 1 N–H and O–H groups in total. The van der Waals surface area contributed by atoms with E-state index in [9.17, 15) is 30.8 Å². The Balaban J connectivity index is 1.98. The highest BCUT2D eigenvalue weighted by Gasteiger charge is 2.27. The number of benzene rings is 1. The molecule has 3 aromatic rings. The highest BCUT2D eigenvalue weighted by Crippen LogP contribution is 2.29. The molecule has 2 aromatic heterocycles. The molecule has 0 aliphatic heterocycles. The van der Waals surface area contributed by atoms with E-state index in [0.717, 1.165) is 6.07 Å². The summed E-state index contributed by atoms with van der Waals surface area (Å²) in [6.45, 7) is 1.58. The van der Waals surface area contributed by atoms with Gasteiger partial charge >= 0.3 is 12.2 Å². The summed E-state index contributed by atoms with van der Waals surface area (Å²) in [7, 11) is -2.70. The zero-order valence-corrected chi connectivity index (χ0v) is 18.9. The second kappa shape index (κ2) is 9.79. The minimum Gasteiger partial charge on any atom is -0.421 e. The van der Waals surface area contributed by atoms with Gasteiger partial charge in [-0.05, 0) is 31.0 Å². The van der Waals surface area contributed by atoms with Gasteiger partial charge in [0.2, 0.25) is 15.6 Å². The number of hydrogen-bond donors (Lipinski definition) is 1. The predicted octanol–water partition coefficient (Wildman–Crippen LogP) is 4.17. The Morgan fingerprint density at radius 2 is 1.88 bits per heavy atom. The van der Waals surface area contributed by atoms with Crippen LogP contribution in [0, 0.1) is 12.7 Å². The van der Waals surface area contributed by atoms with E-state index >= 15 is 0 Å². The lowest BCUT2D eigenvalue weighted by molar-refractivity contribution is -0.134. The minimum atomic E-state index is -4.49. The molecule has 13 heteroatoms. The molecule has 34 heavy (non-hydrogen) atoms. The number of aryl methyl sites for hydroxylation is 2. The second-order valence-corrected chi connectivity index (χ2v) is 9.26. The number of alkyl halides is 3. The van der Waals surface area contributed by atoms with Crippen molar-refractivity contribution in [1.29, 1.82) is 0 Å². The Hall–Kier alpha value is -3.48. The van der Waals surface area contributed by atoms with Crippen LogP contribution >= 0.6 is 0 Å². The first-order valence-electron chi connectivity index (χ1n) is 9.89. The van der Waals surface area contributed by atoms with E-state index in [4.69, 9.17) is 4.74 Å². The molecule has 0 aliphatic rings. The van der Waals surface area contributed by atoms with E-state index in [1.165, 1.54) is 42.1 Å². The van der Waals surface area contributed by atoms with Crippen LogP contribution in [-0.4, -0.2) is 34.9 Å². The summed E-state index contributed by atoms with van der Waals surface area (Å²) < 4.78 is 84.9. The Labute approximate surface area is 192 Å². The number of hydrogen-bond acceptors (Lipinski definition) is 6. The molecule has 0 fully saturated rings. The van der Waals surface area contributed by atoms with Crippen LogP contribution in [0.5, 0.6) is 11.8 Å². The van der Waals surface area contributed by atoms with Gasteiger partial charge in [0, 0.05) is 37.4 Å². The van der Waals surface area contributed by atoms with Gasteiger partial charge in [-0.25, -0.2) is 12.8 Å². The van der Waals surface area contributed by atoms with Gasteiger partial charge in [0.15, 0.2) is 11.6 Å². The molecule has 0 saturated heterocycles. The van der Waals surface area contributed by atoms with Crippen molar-refractivity contribution in [3.8, 4) is 23.0 Å². The SMILES string of the molecule is Cc1cccc(F)c1Oc1nc(NS(=O)(=O)CCCC(F)(F)F)cc(-c2ccc(=O)n(C)c2)n1. The van der Waals surface area contributed by atoms with Gasteiger partial charge in [-0.3, -0.25) is 9.52 Å². The maximum Gasteiger partial charge on any atom is 0.389 e. The van der Waals surface area contributed by atoms with E-state index < -0.39 is 46.6 Å². The third kappa shape index (κ3) is 6.76. The van der Waals surface area contributed by atoms with Gasteiger partial charge in [0.05, 0.1) is 11.4 Å². The number of ether oxygens (including phenoxy) is 1. The summed E-state index contributed by atoms with van der Waals surface area (Å²) in [5.41, 5.74) is 0.631. The third-order valence-corrected chi connectivity index (χ3v) is 5.92. The smallest absolute Gasteiger partial charge is 0.389 e. The van der Waals surface area contributed by atoms with Gasteiger partial charge in [-0.15, -0.1) is 0 Å². The van der Waals surface area contributed by atoms with E-state index in [1.807, 2.05) is 0 Å². The normalized spacial score (nSPS) is 11.9. The topological polar surface area (TPSA) is 103 Å². The lowest BCUT2D eigenvalue weighted by Crippen LogP contribution is -2.20. The average molecular weight is 500 g/mol. The number of nitrogens with one attached hydrogen (secondary N) is 1. The molecule has 182 valence electrons. The molecule has 0 unspecified atom stereocenters. The largest absolute Gasteiger partial charge is 0.421 e. The maximum absolute atomic E-state index is 14.2. The molecule has 0 saturated carbocycles. The molecule has 0 atom stereocenters. The molecule has 2 heterocycles. The van der Waals surface area contributed by atoms with Gasteiger partial charge in [-0.2, -0.15) is 23.1 Å². The van der Waals surface area contributed by atoms with Crippen LogP contribution in [0.25, 0.3) is 11.3 Å². The highest BCUT2D eigenvalue weighted by atomic mass is 32.2. The van der Waals surface area contributed by atoms with Crippen molar-refractivity contribution in [3.63, 3.8) is 0 Å². The van der Waals surface area contributed by atoms with Gasteiger partial charge < -0.3 is 9.30 Å². The molecule has 8 nitrogen and oxygen atoms in total. The fourth-order valence-corrected chi connectivity index (χ4v) is 3.98. The highest BCUT2D eigenvalue weighted by molar-refractivity contribution is 7.92. The third-order valence-electron chi connectivity index (χ3n) is 4.58. The summed E-state index contributed by atoms with van der Waals surface area (Å²) in [5.74, 6) is -1.98. The van der Waals surface area contributed by atoms with Crippen LogP contribution in [0.3, 0.4) is 0 Å². The number of pyridine rings is 1. The predicted molar refractivity (Wildman–Crippen MR) is 117 cm³/mol. The van der Waals surface area contributed by atoms with Crippen LogP contribution in [0.15, 0.2) is 47.4 Å². The number of rotatable bonds is 8. The Morgan fingerprint density at radius 3 is 2.53 bits per heavy atom. The maximum atomic E-state index is 14.2. The molecule has 0 radical (unpaired) electrons. The Morgan fingerprint density at radius 1 is 1.15 bits per heavy atom.